The Kier molecular flexibility index (Phi) is 10.7. The SMILES string of the molecule is CC(C)(C)OC(=O)N=S(C)(=O)Cc1cc(OCCCCOc2cc(F)ccc2-c2nc(Cl)ncc2F)cc([N+](=O)[O-])c1. The van der Waals surface area contributed by atoms with E-state index in [0.29, 0.717) is 12.8 Å². The minimum absolute atomic E-state index is 0.0628. The average molecular weight is 627 g/mol. The van der Waals surface area contributed by atoms with Crippen LogP contribution in [0.25, 0.3) is 11.3 Å². The summed E-state index contributed by atoms with van der Waals surface area (Å²) in [6, 6.07) is 7.51. The molecule has 1 aromatic heterocycles. The second kappa shape index (κ2) is 13.8. The largest absolute Gasteiger partial charge is 0.493 e. The summed E-state index contributed by atoms with van der Waals surface area (Å²) in [5, 5.41) is 11.3. The van der Waals surface area contributed by atoms with Crippen molar-refractivity contribution >= 4 is 33.1 Å². The molecule has 0 saturated heterocycles. The normalized spacial score (nSPS) is 12.7. The van der Waals surface area contributed by atoms with Crippen molar-refractivity contribution in [1.29, 1.82) is 0 Å². The summed E-state index contributed by atoms with van der Waals surface area (Å²) >= 11 is 5.78. The summed E-state index contributed by atoms with van der Waals surface area (Å²) in [7, 11) is -3.12. The first-order valence-corrected chi connectivity index (χ1v) is 15.0. The Morgan fingerprint density at radius 1 is 1.12 bits per heavy atom. The van der Waals surface area contributed by atoms with Crippen LogP contribution in [0.1, 0.15) is 39.2 Å². The number of carbonyl (C=O) groups is 1. The Hall–Kier alpha value is -3.91. The summed E-state index contributed by atoms with van der Waals surface area (Å²) in [5.74, 6) is -1.36. The number of nitro benzene ring substituents is 1. The van der Waals surface area contributed by atoms with E-state index in [1.165, 1.54) is 30.5 Å². The van der Waals surface area contributed by atoms with E-state index in [4.69, 9.17) is 25.8 Å². The summed E-state index contributed by atoms with van der Waals surface area (Å²) < 4.78 is 61.1. The number of ether oxygens (including phenoxy) is 3. The number of non-ortho nitro benzene ring substituents is 1. The van der Waals surface area contributed by atoms with E-state index >= 15 is 0 Å². The van der Waals surface area contributed by atoms with E-state index in [0.717, 1.165) is 18.3 Å². The molecule has 0 bridgehead atoms. The fraction of sp³-hybridized carbons (Fsp3) is 0.370. The summed E-state index contributed by atoms with van der Waals surface area (Å²) in [6.07, 6.45) is 2.05. The number of carbonyl (C=O) groups excluding carboxylic acids is 1. The number of nitro groups is 1. The Bertz CT molecular complexity index is 1590. The first kappa shape index (κ1) is 32.6. The molecule has 42 heavy (non-hydrogen) atoms. The Balaban J connectivity index is 1.62. The lowest BCUT2D eigenvalue weighted by Crippen LogP contribution is -2.22. The van der Waals surface area contributed by atoms with E-state index in [1.807, 2.05) is 0 Å². The molecule has 15 heteroatoms. The highest BCUT2D eigenvalue weighted by Gasteiger charge is 2.19. The van der Waals surface area contributed by atoms with Gasteiger partial charge in [0, 0.05) is 24.0 Å². The predicted molar refractivity (Wildman–Crippen MR) is 152 cm³/mol. The first-order chi connectivity index (χ1) is 19.6. The maximum absolute atomic E-state index is 14.3. The van der Waals surface area contributed by atoms with E-state index < -0.39 is 38.0 Å². The van der Waals surface area contributed by atoms with Crippen LogP contribution in [0.15, 0.2) is 47.0 Å². The molecule has 2 aromatic carbocycles. The molecule has 0 aliphatic carbocycles. The van der Waals surface area contributed by atoms with Crippen LogP contribution in [0, 0.1) is 21.7 Å². The average Bonchev–Trinajstić information content (AvgIpc) is 2.85. The van der Waals surface area contributed by atoms with Crippen molar-refractivity contribution in [3.8, 4) is 22.8 Å². The van der Waals surface area contributed by atoms with Gasteiger partial charge in [-0.3, -0.25) is 10.1 Å². The Morgan fingerprint density at radius 3 is 2.48 bits per heavy atom. The molecule has 0 radical (unpaired) electrons. The number of amides is 1. The Morgan fingerprint density at radius 2 is 1.81 bits per heavy atom. The molecule has 0 fully saturated rings. The van der Waals surface area contributed by atoms with Gasteiger partial charge in [0.05, 0.1) is 45.9 Å². The third-order valence-electron chi connectivity index (χ3n) is 5.24. The van der Waals surface area contributed by atoms with Gasteiger partial charge >= 0.3 is 6.09 Å². The van der Waals surface area contributed by atoms with Gasteiger partial charge in [-0.05, 0) is 69.0 Å². The molecular formula is C27H29ClF2N4O7S. The van der Waals surface area contributed by atoms with Gasteiger partial charge in [-0.25, -0.2) is 27.8 Å². The molecule has 3 aromatic rings. The zero-order chi connectivity index (χ0) is 31.1. The maximum Gasteiger partial charge on any atom is 0.442 e. The lowest BCUT2D eigenvalue weighted by molar-refractivity contribution is -0.385. The van der Waals surface area contributed by atoms with Crippen molar-refractivity contribution < 1.29 is 36.9 Å². The van der Waals surface area contributed by atoms with Crippen LogP contribution in [0.4, 0.5) is 19.3 Å². The van der Waals surface area contributed by atoms with Crippen LogP contribution in [-0.4, -0.2) is 50.3 Å². The molecule has 0 spiro atoms. The van der Waals surface area contributed by atoms with Gasteiger partial charge in [-0.2, -0.15) is 0 Å². The third-order valence-corrected chi connectivity index (χ3v) is 6.82. The van der Waals surface area contributed by atoms with Gasteiger partial charge < -0.3 is 14.2 Å². The van der Waals surface area contributed by atoms with Crippen molar-refractivity contribution in [2.24, 2.45) is 4.36 Å². The fourth-order valence-electron chi connectivity index (χ4n) is 3.62. The van der Waals surface area contributed by atoms with Crippen molar-refractivity contribution in [3.63, 3.8) is 0 Å². The molecule has 1 amide bonds. The highest BCUT2D eigenvalue weighted by molar-refractivity contribution is 7.92. The number of rotatable bonds is 11. The zero-order valence-electron chi connectivity index (χ0n) is 23.3. The van der Waals surface area contributed by atoms with E-state index in [2.05, 4.69) is 14.3 Å². The number of hydrogen-bond acceptors (Lipinski definition) is 9. The molecule has 226 valence electrons. The number of halogens is 3. The highest BCUT2D eigenvalue weighted by Crippen LogP contribution is 2.32. The van der Waals surface area contributed by atoms with Gasteiger partial charge in [0.2, 0.25) is 5.28 Å². The molecule has 1 heterocycles. The molecular weight excluding hydrogens is 598 g/mol. The number of benzene rings is 2. The molecule has 11 nitrogen and oxygen atoms in total. The summed E-state index contributed by atoms with van der Waals surface area (Å²) in [6.45, 7) is 5.18. The molecule has 3 rings (SSSR count). The second-order valence-corrected chi connectivity index (χ2v) is 12.9. The minimum atomic E-state index is -3.12. The molecule has 0 aliphatic heterocycles. The first-order valence-electron chi connectivity index (χ1n) is 12.6. The predicted octanol–water partition coefficient (Wildman–Crippen LogP) is 6.75. The number of nitrogens with zero attached hydrogens (tertiary/aromatic N) is 4. The molecule has 1 atom stereocenters. The van der Waals surface area contributed by atoms with Crippen LogP contribution < -0.4 is 9.47 Å². The third kappa shape index (κ3) is 10.2. The summed E-state index contributed by atoms with van der Waals surface area (Å²) in [5.41, 5.74) is -0.753. The molecule has 0 aliphatic rings. The fourth-order valence-corrected chi connectivity index (χ4v) is 4.95. The number of unbranched alkanes of at least 4 members (excludes halogenated alkanes) is 1. The molecule has 0 N–H and O–H groups in total. The number of hydrogen-bond donors (Lipinski definition) is 0. The van der Waals surface area contributed by atoms with Crippen LogP contribution in [-0.2, 0) is 20.2 Å². The lowest BCUT2D eigenvalue weighted by Gasteiger charge is -2.17. The Labute approximate surface area is 246 Å². The van der Waals surface area contributed by atoms with Gasteiger partial charge in [-0.1, -0.05) is 0 Å². The zero-order valence-corrected chi connectivity index (χ0v) is 24.8. The van der Waals surface area contributed by atoms with Gasteiger partial charge in [0.1, 0.15) is 28.6 Å². The van der Waals surface area contributed by atoms with E-state index in [9.17, 15) is 27.9 Å². The van der Waals surface area contributed by atoms with Gasteiger partial charge in [-0.15, -0.1) is 4.36 Å². The minimum Gasteiger partial charge on any atom is -0.493 e. The van der Waals surface area contributed by atoms with Crippen molar-refractivity contribution in [2.45, 2.75) is 45.0 Å². The van der Waals surface area contributed by atoms with Crippen molar-refractivity contribution in [2.75, 3.05) is 19.5 Å². The molecule has 0 saturated carbocycles. The van der Waals surface area contributed by atoms with Crippen LogP contribution in [0.5, 0.6) is 11.5 Å². The van der Waals surface area contributed by atoms with E-state index in [-0.39, 0.29) is 58.3 Å². The smallest absolute Gasteiger partial charge is 0.442 e. The van der Waals surface area contributed by atoms with E-state index in [1.54, 1.807) is 20.8 Å². The van der Waals surface area contributed by atoms with Gasteiger partial charge in [0.15, 0.2) is 5.82 Å². The number of aromatic nitrogens is 2. The highest BCUT2D eigenvalue weighted by atomic mass is 35.5. The topological polar surface area (TPSA) is 143 Å². The lowest BCUT2D eigenvalue weighted by atomic mass is 10.1. The van der Waals surface area contributed by atoms with Crippen LogP contribution in [0.2, 0.25) is 5.28 Å². The summed E-state index contributed by atoms with van der Waals surface area (Å²) in [4.78, 5) is 30.3. The maximum atomic E-state index is 14.3. The molecule has 1 unspecified atom stereocenters. The van der Waals surface area contributed by atoms with Crippen molar-refractivity contribution in [3.05, 3.63) is 75.2 Å². The quantitative estimate of drug-likeness (QED) is 0.0976. The standard InChI is InChI=1S/C27H29ClF2N4O7S/c1-27(2,3)41-26(35)33-42(4,38)16-17-11-19(34(36)37)14-20(12-17)39-9-5-6-10-40-23-13-18(29)7-8-21(23)24-22(30)15-31-25(28)32-24/h7-8,11-15H,5-6,9-10,16H2,1-4H3. The monoisotopic (exact) mass is 626 g/mol. The van der Waals surface area contributed by atoms with Gasteiger partial charge in [0.25, 0.3) is 5.69 Å². The second-order valence-electron chi connectivity index (χ2n) is 10.1. The van der Waals surface area contributed by atoms with Crippen LogP contribution in [0.3, 0.4) is 0 Å². The van der Waals surface area contributed by atoms with Crippen molar-refractivity contribution in [1.82, 2.24) is 9.97 Å². The van der Waals surface area contributed by atoms with Crippen LogP contribution >= 0.6 is 11.6 Å².